The third-order valence-corrected chi connectivity index (χ3v) is 7.50. The van der Waals surface area contributed by atoms with Gasteiger partial charge < -0.3 is 4.57 Å². The predicted molar refractivity (Wildman–Crippen MR) is 152 cm³/mol. The van der Waals surface area contributed by atoms with Gasteiger partial charge in [-0.1, -0.05) is 72.4 Å². The molecule has 0 unspecified atom stereocenters. The Hall–Kier alpha value is -4.61. The SMILES string of the molecule is c1ccc(-c2cccc(Sc3cccc(-n4cc(-n5c6ccccc6c6ccccc65)cn4)c3)c2)nc1. The highest BCUT2D eigenvalue weighted by Crippen LogP contribution is 2.33. The number of benzene rings is 4. The summed E-state index contributed by atoms with van der Waals surface area (Å²) in [4.78, 5) is 6.82. The Bertz CT molecular complexity index is 1810. The molecule has 0 amide bonds. The monoisotopic (exact) mass is 494 g/mol. The summed E-state index contributed by atoms with van der Waals surface area (Å²) in [5.74, 6) is 0. The van der Waals surface area contributed by atoms with Crippen molar-refractivity contribution in [1.82, 2.24) is 19.3 Å². The van der Waals surface area contributed by atoms with Gasteiger partial charge in [0.05, 0.1) is 40.5 Å². The Kier molecular flexibility index (Phi) is 5.34. The summed E-state index contributed by atoms with van der Waals surface area (Å²) in [5, 5.41) is 7.23. The summed E-state index contributed by atoms with van der Waals surface area (Å²) in [6, 6.07) is 40.1. The van der Waals surface area contributed by atoms with Crippen molar-refractivity contribution >= 4 is 33.6 Å². The van der Waals surface area contributed by atoms with Crippen LogP contribution in [0.2, 0.25) is 0 Å². The van der Waals surface area contributed by atoms with Gasteiger partial charge in [0.1, 0.15) is 0 Å². The minimum absolute atomic E-state index is 0.979. The van der Waals surface area contributed by atoms with Gasteiger partial charge in [-0.05, 0) is 54.6 Å². The van der Waals surface area contributed by atoms with Gasteiger partial charge in [-0.3, -0.25) is 4.98 Å². The maximum atomic E-state index is 4.74. The highest BCUT2D eigenvalue weighted by molar-refractivity contribution is 7.99. The van der Waals surface area contributed by atoms with E-state index in [0.717, 1.165) is 27.5 Å². The number of nitrogens with zero attached hydrogens (tertiary/aromatic N) is 4. The number of para-hydroxylation sites is 2. The third kappa shape index (κ3) is 3.99. The van der Waals surface area contributed by atoms with Crippen molar-refractivity contribution in [3.05, 3.63) is 134 Å². The molecule has 0 aliphatic carbocycles. The molecule has 4 nitrogen and oxygen atoms in total. The first-order chi connectivity index (χ1) is 18.3. The van der Waals surface area contributed by atoms with Crippen LogP contribution in [0, 0.1) is 0 Å². The minimum atomic E-state index is 0.979. The lowest BCUT2D eigenvalue weighted by molar-refractivity contribution is 0.877. The molecule has 0 fully saturated rings. The summed E-state index contributed by atoms with van der Waals surface area (Å²) in [7, 11) is 0. The first kappa shape index (κ1) is 21.7. The molecule has 7 aromatic rings. The zero-order chi connectivity index (χ0) is 24.6. The fourth-order valence-corrected chi connectivity index (χ4v) is 5.78. The van der Waals surface area contributed by atoms with Crippen molar-refractivity contribution in [2.75, 3.05) is 0 Å². The van der Waals surface area contributed by atoms with Gasteiger partial charge in [0.2, 0.25) is 0 Å². The Morgan fingerprint density at radius 2 is 1.30 bits per heavy atom. The van der Waals surface area contributed by atoms with E-state index in [1.807, 2.05) is 35.3 Å². The van der Waals surface area contributed by atoms with Crippen LogP contribution in [0.1, 0.15) is 0 Å². The highest BCUT2D eigenvalue weighted by Gasteiger charge is 2.13. The van der Waals surface area contributed by atoms with E-state index >= 15 is 0 Å². The summed E-state index contributed by atoms with van der Waals surface area (Å²) in [5.41, 5.74) is 6.52. The normalized spacial score (nSPS) is 11.4. The van der Waals surface area contributed by atoms with E-state index in [-0.39, 0.29) is 0 Å². The standard InChI is InChI=1S/C32H22N4S/c1-3-16-31-28(13-1)29-14-2-4-17-32(29)36(31)25-21-34-35(22-25)24-10-8-12-27(20-24)37-26-11-7-9-23(19-26)30-15-5-6-18-33-30/h1-22H. The Labute approximate surface area is 218 Å². The van der Waals surface area contributed by atoms with Crippen LogP contribution in [-0.2, 0) is 0 Å². The van der Waals surface area contributed by atoms with Gasteiger partial charge >= 0.3 is 0 Å². The Balaban J connectivity index is 1.22. The van der Waals surface area contributed by atoms with Crippen LogP contribution in [0.5, 0.6) is 0 Å². The smallest absolute Gasteiger partial charge is 0.0848 e. The second-order valence-corrected chi connectivity index (χ2v) is 10.0. The summed E-state index contributed by atoms with van der Waals surface area (Å²) in [6.07, 6.45) is 5.87. The minimum Gasteiger partial charge on any atom is -0.306 e. The number of hydrogen-bond donors (Lipinski definition) is 0. The molecule has 0 N–H and O–H groups in total. The lowest BCUT2D eigenvalue weighted by Gasteiger charge is -2.07. The molecule has 0 saturated carbocycles. The topological polar surface area (TPSA) is 35.6 Å². The van der Waals surface area contributed by atoms with E-state index in [2.05, 4.69) is 113 Å². The molecule has 0 aliphatic heterocycles. The molecule has 176 valence electrons. The van der Waals surface area contributed by atoms with Crippen molar-refractivity contribution < 1.29 is 0 Å². The van der Waals surface area contributed by atoms with E-state index in [1.165, 1.54) is 26.7 Å². The molecule has 0 saturated heterocycles. The van der Waals surface area contributed by atoms with E-state index in [4.69, 9.17) is 5.10 Å². The lowest BCUT2D eigenvalue weighted by Crippen LogP contribution is -1.95. The molecule has 5 heteroatoms. The largest absolute Gasteiger partial charge is 0.306 e. The first-order valence-electron chi connectivity index (χ1n) is 12.2. The average molecular weight is 495 g/mol. The van der Waals surface area contributed by atoms with Gasteiger partial charge in [0, 0.05) is 32.3 Å². The van der Waals surface area contributed by atoms with Crippen LogP contribution in [0.4, 0.5) is 0 Å². The van der Waals surface area contributed by atoms with E-state index in [0.29, 0.717) is 0 Å². The van der Waals surface area contributed by atoms with E-state index in [1.54, 1.807) is 11.8 Å². The van der Waals surface area contributed by atoms with E-state index < -0.39 is 0 Å². The van der Waals surface area contributed by atoms with Crippen LogP contribution in [0.3, 0.4) is 0 Å². The molecule has 3 aromatic heterocycles. The van der Waals surface area contributed by atoms with Crippen LogP contribution in [-0.4, -0.2) is 19.3 Å². The molecule has 3 heterocycles. The van der Waals surface area contributed by atoms with Crippen LogP contribution >= 0.6 is 11.8 Å². The van der Waals surface area contributed by atoms with Crippen molar-refractivity contribution in [2.45, 2.75) is 9.79 Å². The van der Waals surface area contributed by atoms with Crippen LogP contribution in [0.25, 0.3) is 44.4 Å². The van der Waals surface area contributed by atoms with Crippen LogP contribution < -0.4 is 0 Å². The summed E-state index contributed by atoms with van der Waals surface area (Å²) in [6.45, 7) is 0. The third-order valence-electron chi connectivity index (χ3n) is 6.52. The number of aromatic nitrogens is 4. The molecule has 0 spiro atoms. The Morgan fingerprint density at radius 1 is 0.595 bits per heavy atom. The second kappa shape index (κ2) is 9.12. The quantitative estimate of drug-likeness (QED) is 0.242. The predicted octanol–water partition coefficient (Wildman–Crippen LogP) is 8.18. The number of rotatable bonds is 5. The molecular weight excluding hydrogens is 472 g/mol. The van der Waals surface area contributed by atoms with E-state index in [9.17, 15) is 0 Å². The fourth-order valence-electron chi connectivity index (χ4n) is 4.85. The fraction of sp³-hybridized carbons (Fsp3) is 0. The number of hydrogen-bond acceptors (Lipinski definition) is 3. The number of fused-ring (bicyclic) bond motifs is 3. The second-order valence-electron chi connectivity index (χ2n) is 8.86. The molecule has 0 radical (unpaired) electrons. The molecule has 0 bridgehead atoms. The average Bonchev–Trinajstić information content (AvgIpc) is 3.57. The molecule has 7 rings (SSSR count). The van der Waals surface area contributed by atoms with Crippen molar-refractivity contribution in [1.29, 1.82) is 0 Å². The maximum absolute atomic E-state index is 4.74. The maximum Gasteiger partial charge on any atom is 0.0848 e. The molecular formula is C32H22N4S. The number of pyridine rings is 1. The lowest BCUT2D eigenvalue weighted by atomic mass is 10.1. The van der Waals surface area contributed by atoms with Gasteiger partial charge in [-0.15, -0.1) is 0 Å². The molecule has 0 atom stereocenters. The summed E-state index contributed by atoms with van der Waals surface area (Å²) >= 11 is 1.74. The molecule has 37 heavy (non-hydrogen) atoms. The Morgan fingerprint density at radius 3 is 2.05 bits per heavy atom. The van der Waals surface area contributed by atoms with Crippen LogP contribution in [0.15, 0.2) is 144 Å². The molecule has 0 aliphatic rings. The van der Waals surface area contributed by atoms with Crippen molar-refractivity contribution in [3.8, 4) is 22.6 Å². The zero-order valence-electron chi connectivity index (χ0n) is 19.9. The first-order valence-corrected chi connectivity index (χ1v) is 13.0. The van der Waals surface area contributed by atoms with Gasteiger partial charge in [0.15, 0.2) is 0 Å². The highest BCUT2D eigenvalue weighted by atomic mass is 32.2. The van der Waals surface area contributed by atoms with Gasteiger partial charge in [-0.25, -0.2) is 4.68 Å². The van der Waals surface area contributed by atoms with Crippen molar-refractivity contribution in [3.63, 3.8) is 0 Å². The van der Waals surface area contributed by atoms with Gasteiger partial charge in [0.25, 0.3) is 0 Å². The zero-order valence-corrected chi connectivity index (χ0v) is 20.7. The van der Waals surface area contributed by atoms with Crippen molar-refractivity contribution in [2.24, 2.45) is 0 Å². The summed E-state index contributed by atoms with van der Waals surface area (Å²) < 4.78 is 4.24. The van der Waals surface area contributed by atoms with Gasteiger partial charge in [-0.2, -0.15) is 5.10 Å². The molecule has 4 aromatic carbocycles.